The Morgan fingerprint density at radius 2 is 0.298 bits per heavy atom. The van der Waals surface area contributed by atoms with Crippen molar-refractivity contribution in [3.05, 3.63) is 226 Å². The van der Waals surface area contributed by atoms with Crippen LogP contribution in [-0.4, -0.2) is 294 Å². The van der Waals surface area contributed by atoms with E-state index in [9.17, 15) is 4.80 Å². The number of ether oxygens (including phenoxy) is 24. The van der Waals surface area contributed by atoms with Gasteiger partial charge < -0.3 is 118 Å². The average molecular weight is 2170 g/mol. The van der Waals surface area contributed by atoms with Crippen LogP contribution in [0, 0.1) is 10.7 Å². The standard InChI is InChI=1S/C102H133I3O25Si/c1-107-31-37-113-43-49-119-55-61-125-73-85-70-100(88(67-97(85)79-7-19-91(103)20-8-79)76-128-64-58-122-52-46-116-40-34-110-4)82-13-25-94(26-14-82)131(106,95-27-15-83(16-28-95)101-71-86(74-126-62-56-120-50-44-114-38-32-108-2)98(80-9-21-92(104)22-10-80)68-89(101)77-129-65-59-123-53-47-117-41-35-111-5)96-29-17-84(18-30-96)102-72-87(75-127-63-57-121-51-45-115-39-33-109-3)99(81-11-23-93(105)24-12-81)69-90(102)78-130-66-60-124-54-48-118-42-36-112-6/h7-30,67-72,106H,31-66,73-78H2,1-6H3. The summed E-state index contributed by atoms with van der Waals surface area (Å²) in [6.07, 6.45) is 0. The van der Waals surface area contributed by atoms with Crippen molar-refractivity contribution in [3.63, 3.8) is 0 Å². The second-order valence-electron chi connectivity index (χ2n) is 30.1. The summed E-state index contributed by atoms with van der Waals surface area (Å²) in [5.74, 6) is 0. The molecule has 9 aromatic rings. The molecule has 29 heteroatoms. The molecule has 0 saturated heterocycles. The third kappa shape index (κ3) is 39.8. The molecule has 716 valence electrons. The minimum Gasteiger partial charge on any atom is -0.421 e. The van der Waals surface area contributed by atoms with Gasteiger partial charge in [0.1, 0.15) is 0 Å². The Kier molecular flexibility index (Phi) is 55.6. The predicted molar refractivity (Wildman–Crippen MR) is 536 cm³/mol. The molecular weight excluding hydrogens is 2030 g/mol. The minimum atomic E-state index is -4.06. The quantitative estimate of drug-likeness (QED) is 0.0161. The maximum atomic E-state index is 14.7. The summed E-state index contributed by atoms with van der Waals surface area (Å²) in [6, 6.07) is 64.1. The Morgan fingerprint density at radius 3 is 0.435 bits per heavy atom. The zero-order valence-electron chi connectivity index (χ0n) is 76.9. The Bertz CT molecular complexity index is 4070. The average Bonchev–Trinajstić information content (AvgIpc) is 0.741. The number of hydrogen-bond acceptors (Lipinski definition) is 25. The van der Waals surface area contributed by atoms with E-state index in [1.54, 1.807) is 42.7 Å². The monoisotopic (exact) mass is 2170 g/mol. The van der Waals surface area contributed by atoms with Crippen LogP contribution in [0.3, 0.4) is 0 Å². The molecular formula is C102H133I3O25Si. The van der Waals surface area contributed by atoms with Gasteiger partial charge in [-0.3, -0.25) is 0 Å². The van der Waals surface area contributed by atoms with Crippen molar-refractivity contribution in [1.29, 1.82) is 0 Å². The van der Waals surface area contributed by atoms with Gasteiger partial charge in [0.05, 0.1) is 277 Å². The van der Waals surface area contributed by atoms with Crippen molar-refractivity contribution in [2.24, 2.45) is 0 Å². The van der Waals surface area contributed by atoms with E-state index in [1.165, 1.54) is 0 Å². The summed E-state index contributed by atoms with van der Waals surface area (Å²) in [6.45, 7) is 17.4. The molecule has 0 unspecified atom stereocenters. The van der Waals surface area contributed by atoms with Crippen LogP contribution in [0.4, 0.5) is 0 Å². The van der Waals surface area contributed by atoms with E-state index in [-0.39, 0.29) is 19.8 Å². The molecule has 9 rings (SSSR count). The molecule has 0 aromatic heterocycles. The minimum absolute atomic E-state index is 0.276. The van der Waals surface area contributed by atoms with Gasteiger partial charge in [-0.25, -0.2) is 0 Å². The molecule has 0 saturated carbocycles. The van der Waals surface area contributed by atoms with Gasteiger partial charge in [0.25, 0.3) is 8.32 Å². The zero-order chi connectivity index (χ0) is 92.2. The van der Waals surface area contributed by atoms with Gasteiger partial charge in [-0.1, -0.05) is 109 Å². The summed E-state index contributed by atoms with van der Waals surface area (Å²) >= 11 is 7.03. The van der Waals surface area contributed by atoms with Crippen molar-refractivity contribution in [2.45, 2.75) is 39.6 Å². The fourth-order valence-electron chi connectivity index (χ4n) is 14.0. The normalized spacial score (nSPS) is 11.8. The number of halogens is 3. The first-order chi connectivity index (χ1) is 64.5. The Hall–Kier alpha value is -5.61. The summed E-state index contributed by atoms with van der Waals surface area (Å²) in [7, 11) is 5.86. The summed E-state index contributed by atoms with van der Waals surface area (Å²) in [5, 5.41) is 2.28. The molecule has 25 nitrogen and oxygen atoms in total. The number of methoxy groups -OCH3 is 6. The second-order valence-corrected chi connectivity index (χ2v) is 37.0. The smallest absolute Gasteiger partial charge is 0.285 e. The molecule has 0 heterocycles. The fourth-order valence-corrected chi connectivity index (χ4v) is 18.1. The highest BCUT2D eigenvalue weighted by Crippen LogP contribution is 2.39. The lowest BCUT2D eigenvalue weighted by Crippen LogP contribution is -2.67. The summed E-state index contributed by atoms with van der Waals surface area (Å²) in [5.41, 5.74) is 17.6. The third-order valence-corrected chi connectivity index (χ3v) is 26.6. The lowest BCUT2D eigenvalue weighted by Gasteiger charge is -2.28. The Morgan fingerprint density at radius 1 is 0.176 bits per heavy atom. The van der Waals surface area contributed by atoms with Gasteiger partial charge in [-0.2, -0.15) is 0 Å². The van der Waals surface area contributed by atoms with Gasteiger partial charge in [0, 0.05) is 53.4 Å². The molecule has 9 aromatic carbocycles. The molecule has 0 aliphatic rings. The number of rotatable bonds is 75. The first-order valence-corrected chi connectivity index (χ1v) is 49.8. The highest BCUT2D eigenvalue weighted by molar-refractivity contribution is 14.1. The van der Waals surface area contributed by atoms with E-state index < -0.39 is 8.32 Å². The zero-order valence-corrected chi connectivity index (χ0v) is 84.4. The van der Waals surface area contributed by atoms with Crippen LogP contribution in [0.15, 0.2) is 182 Å². The van der Waals surface area contributed by atoms with Crippen molar-refractivity contribution in [1.82, 2.24) is 0 Å². The van der Waals surface area contributed by atoms with Crippen LogP contribution in [0.25, 0.3) is 66.8 Å². The predicted octanol–water partition coefficient (Wildman–Crippen LogP) is 14.6. The van der Waals surface area contributed by atoms with Gasteiger partial charge in [0.15, 0.2) is 0 Å². The van der Waals surface area contributed by atoms with Gasteiger partial charge >= 0.3 is 0 Å². The van der Waals surface area contributed by atoms with Gasteiger partial charge in [-0.05, 0) is 256 Å². The molecule has 0 bridgehead atoms. The maximum Gasteiger partial charge on any atom is 0.285 e. The highest BCUT2D eigenvalue weighted by Gasteiger charge is 2.39. The Labute approximate surface area is 816 Å². The fraction of sp³-hybridized carbons (Fsp3) is 0.471. The molecule has 0 aliphatic carbocycles. The van der Waals surface area contributed by atoms with Crippen LogP contribution >= 0.6 is 67.8 Å². The molecule has 0 spiro atoms. The third-order valence-electron chi connectivity index (χ3n) is 20.9. The van der Waals surface area contributed by atoms with Crippen molar-refractivity contribution < 1.29 is 118 Å². The van der Waals surface area contributed by atoms with Crippen molar-refractivity contribution in [2.75, 3.05) is 281 Å². The van der Waals surface area contributed by atoms with E-state index in [0.717, 1.165) is 126 Å². The van der Waals surface area contributed by atoms with E-state index in [4.69, 9.17) is 114 Å². The van der Waals surface area contributed by atoms with Crippen LogP contribution in [-0.2, 0) is 153 Å². The van der Waals surface area contributed by atoms with E-state index in [2.05, 4.69) is 250 Å². The first-order valence-electron chi connectivity index (χ1n) is 44.6. The summed E-state index contributed by atoms with van der Waals surface area (Å²) in [4.78, 5) is 14.7. The number of benzene rings is 9. The van der Waals surface area contributed by atoms with E-state index in [1.807, 2.05) is 0 Å². The van der Waals surface area contributed by atoms with Crippen LogP contribution in [0.1, 0.15) is 33.4 Å². The van der Waals surface area contributed by atoms with E-state index in [0.29, 0.717) is 258 Å². The van der Waals surface area contributed by atoms with Gasteiger partial charge in [0.2, 0.25) is 0 Å². The molecule has 0 radical (unpaired) electrons. The van der Waals surface area contributed by atoms with E-state index >= 15 is 0 Å². The molecule has 0 fully saturated rings. The second kappa shape index (κ2) is 66.8. The SMILES string of the molecule is COCCOCCOCCOCc1cc(-c2ccc([Si](O)(c3ccc(-c4cc(COCCOCCOCCOC)c(-c5ccc(I)cc5)cc4COCCOCCOCCOC)cc3)c3ccc(-c4cc(COCCOCCOCCOC)c(-c5ccc(I)cc5)cc4COCCOCCOCCOC)cc3)cc2)c(COCCOCCOCCOC)cc1-c1ccc(I)cc1. The molecule has 0 amide bonds. The largest absolute Gasteiger partial charge is 0.421 e. The van der Waals surface area contributed by atoms with Gasteiger partial charge in [-0.15, -0.1) is 0 Å². The lowest BCUT2D eigenvalue weighted by molar-refractivity contribution is 0.000635. The summed E-state index contributed by atoms with van der Waals surface area (Å²) < 4.78 is 143. The molecule has 0 aliphatic heterocycles. The van der Waals surface area contributed by atoms with Crippen LogP contribution < -0.4 is 15.6 Å². The Balaban J connectivity index is 1.15. The molecule has 131 heavy (non-hydrogen) atoms. The van der Waals surface area contributed by atoms with Crippen molar-refractivity contribution >= 4 is 91.7 Å². The maximum absolute atomic E-state index is 14.7. The van der Waals surface area contributed by atoms with Crippen LogP contribution in [0.5, 0.6) is 0 Å². The first kappa shape index (κ1) is 109. The lowest BCUT2D eigenvalue weighted by atomic mass is 9.91. The molecule has 0 atom stereocenters. The molecule has 1 N–H and O–H groups in total. The topological polar surface area (TPSA) is 242 Å². The number of hydrogen-bond donors (Lipinski definition) is 1. The van der Waals surface area contributed by atoms with Crippen LogP contribution in [0.2, 0.25) is 0 Å². The van der Waals surface area contributed by atoms with Crippen molar-refractivity contribution in [3.8, 4) is 66.8 Å². The highest BCUT2D eigenvalue weighted by atomic mass is 127.